The first-order chi connectivity index (χ1) is 7.61. The van der Waals surface area contributed by atoms with Crippen molar-refractivity contribution in [2.75, 3.05) is 0 Å². The van der Waals surface area contributed by atoms with Crippen LogP contribution in [0.1, 0.15) is 34.7 Å². The predicted octanol–water partition coefficient (Wildman–Crippen LogP) is 3.05. The fourth-order valence-corrected chi connectivity index (χ4v) is 1.40. The van der Waals surface area contributed by atoms with Gasteiger partial charge in [-0.25, -0.2) is 0 Å². The smallest absolute Gasteiger partial charge is 0.152 e. The number of hydrogen-bond acceptors (Lipinski definition) is 2. The van der Waals surface area contributed by atoms with Crippen LogP contribution in [0.3, 0.4) is 0 Å². The Hall–Kier alpha value is -1.15. The number of rotatable bonds is 4. The fourth-order valence-electron chi connectivity index (χ4n) is 1.40. The molecular weight excluding hydrogens is 198 g/mol. The van der Waals surface area contributed by atoms with E-state index in [-0.39, 0.29) is 19.2 Å². The molecule has 0 radical (unpaired) electrons. The average Bonchev–Trinajstić information content (AvgIpc) is 2.31. The number of nitrogens with two attached hydrogens (primary N) is 1. The van der Waals surface area contributed by atoms with E-state index in [1.165, 1.54) is 0 Å². The highest BCUT2D eigenvalue weighted by Crippen LogP contribution is 2.06. The quantitative estimate of drug-likeness (QED) is 0.852. The first-order valence-electron chi connectivity index (χ1n) is 5.94. The normalized spacial score (nSPS) is 11.6. The molecule has 2 heteroatoms. The van der Waals surface area contributed by atoms with Crippen LogP contribution in [0, 0.1) is 5.92 Å². The van der Waals surface area contributed by atoms with Crippen molar-refractivity contribution in [3.05, 3.63) is 35.9 Å². The van der Waals surface area contributed by atoms with Crippen LogP contribution in [0.4, 0.5) is 0 Å². The predicted molar refractivity (Wildman–Crippen MR) is 71.4 cm³/mol. The van der Waals surface area contributed by atoms with Gasteiger partial charge in [-0.1, -0.05) is 58.0 Å². The lowest BCUT2D eigenvalue weighted by atomic mass is 9.97. The van der Waals surface area contributed by atoms with Gasteiger partial charge in [0.05, 0.1) is 6.04 Å². The van der Waals surface area contributed by atoms with Crippen LogP contribution in [0.15, 0.2) is 30.3 Å². The molecule has 0 aromatic heterocycles. The van der Waals surface area contributed by atoms with Gasteiger partial charge in [0.1, 0.15) is 0 Å². The Morgan fingerprint density at radius 1 is 1.25 bits per heavy atom. The van der Waals surface area contributed by atoms with Crippen molar-refractivity contribution < 1.29 is 6.22 Å². The number of ketones is 1. The SMILES string of the molecule is CC.CC(C)C(=O)[C@@H](N)Cc1ccccc1.[HH]. The molecular formula is C14H25NO. The first-order valence-corrected chi connectivity index (χ1v) is 5.94. The number of carbonyl (C=O) groups is 1. The number of hydrogen-bond donors (Lipinski definition) is 1. The van der Waals surface area contributed by atoms with Crippen molar-refractivity contribution in [1.82, 2.24) is 0 Å². The summed E-state index contributed by atoms with van der Waals surface area (Å²) in [5.74, 6) is 0.155. The summed E-state index contributed by atoms with van der Waals surface area (Å²) in [6.45, 7) is 7.76. The lowest BCUT2D eigenvalue weighted by Gasteiger charge is -2.12. The maximum absolute atomic E-state index is 11.5. The molecule has 0 bridgehead atoms. The second kappa shape index (κ2) is 8.05. The van der Waals surface area contributed by atoms with Gasteiger partial charge >= 0.3 is 0 Å². The molecule has 92 valence electrons. The molecule has 1 aromatic carbocycles. The Bertz CT molecular complexity index is 298. The van der Waals surface area contributed by atoms with E-state index in [4.69, 9.17) is 5.73 Å². The van der Waals surface area contributed by atoms with Gasteiger partial charge in [0.2, 0.25) is 0 Å². The molecule has 0 heterocycles. The highest BCUT2D eigenvalue weighted by atomic mass is 16.1. The third-order valence-corrected chi connectivity index (χ3v) is 2.23. The molecule has 2 nitrogen and oxygen atoms in total. The molecule has 0 fully saturated rings. The second-order valence-corrected chi connectivity index (χ2v) is 3.85. The molecule has 0 amide bonds. The summed E-state index contributed by atoms with van der Waals surface area (Å²) in [6, 6.07) is 9.50. The van der Waals surface area contributed by atoms with Crippen LogP contribution >= 0.6 is 0 Å². The van der Waals surface area contributed by atoms with Crippen LogP contribution in [0.25, 0.3) is 0 Å². The van der Waals surface area contributed by atoms with Gasteiger partial charge in [0, 0.05) is 7.34 Å². The van der Waals surface area contributed by atoms with Gasteiger partial charge in [-0.15, -0.1) is 0 Å². The minimum absolute atomic E-state index is 0. The second-order valence-electron chi connectivity index (χ2n) is 3.85. The van der Waals surface area contributed by atoms with E-state index in [2.05, 4.69) is 0 Å². The molecule has 0 unspecified atom stereocenters. The Labute approximate surface area is 100 Å². The topological polar surface area (TPSA) is 43.1 Å². The summed E-state index contributed by atoms with van der Waals surface area (Å²) >= 11 is 0. The minimum atomic E-state index is -0.364. The van der Waals surface area contributed by atoms with Crippen molar-refractivity contribution in [3.63, 3.8) is 0 Å². The van der Waals surface area contributed by atoms with Gasteiger partial charge in [0.15, 0.2) is 5.78 Å². The van der Waals surface area contributed by atoms with Gasteiger partial charge in [0.25, 0.3) is 0 Å². The Morgan fingerprint density at radius 3 is 2.19 bits per heavy atom. The number of Topliss-reactive ketones (excluding diaryl/α,β-unsaturated/α-hetero) is 1. The lowest BCUT2D eigenvalue weighted by Crippen LogP contribution is -2.35. The van der Waals surface area contributed by atoms with Crippen LogP contribution in [0.5, 0.6) is 0 Å². The van der Waals surface area contributed by atoms with Crippen molar-refractivity contribution in [1.29, 1.82) is 0 Å². The molecule has 1 aromatic rings. The van der Waals surface area contributed by atoms with E-state index in [1.54, 1.807) is 0 Å². The molecule has 1 atom stereocenters. The fraction of sp³-hybridized carbons (Fsp3) is 0.500. The van der Waals surface area contributed by atoms with E-state index < -0.39 is 0 Å². The molecule has 0 saturated heterocycles. The monoisotopic (exact) mass is 223 g/mol. The highest BCUT2D eigenvalue weighted by molar-refractivity contribution is 5.85. The van der Waals surface area contributed by atoms with Crippen LogP contribution in [-0.2, 0) is 11.2 Å². The van der Waals surface area contributed by atoms with E-state index in [1.807, 2.05) is 58.0 Å². The van der Waals surface area contributed by atoms with E-state index >= 15 is 0 Å². The molecule has 0 aliphatic rings. The maximum Gasteiger partial charge on any atom is 0.152 e. The summed E-state index contributed by atoms with van der Waals surface area (Å²) < 4.78 is 0. The summed E-state index contributed by atoms with van der Waals surface area (Å²) in [4.78, 5) is 11.5. The summed E-state index contributed by atoms with van der Waals surface area (Å²) in [7, 11) is 0. The Kier molecular flexibility index (Phi) is 7.48. The Morgan fingerprint density at radius 2 is 1.75 bits per heavy atom. The molecule has 0 aliphatic carbocycles. The third-order valence-electron chi connectivity index (χ3n) is 2.23. The largest absolute Gasteiger partial charge is 0.321 e. The highest BCUT2D eigenvalue weighted by Gasteiger charge is 2.16. The molecule has 16 heavy (non-hydrogen) atoms. The van der Waals surface area contributed by atoms with Gasteiger partial charge < -0.3 is 5.73 Å². The van der Waals surface area contributed by atoms with Crippen molar-refractivity contribution >= 4 is 5.78 Å². The van der Waals surface area contributed by atoms with E-state index in [9.17, 15) is 4.79 Å². The van der Waals surface area contributed by atoms with Crippen molar-refractivity contribution in [2.45, 2.75) is 40.2 Å². The van der Waals surface area contributed by atoms with Crippen LogP contribution in [-0.4, -0.2) is 11.8 Å². The lowest BCUT2D eigenvalue weighted by molar-refractivity contribution is -0.123. The summed E-state index contributed by atoms with van der Waals surface area (Å²) in [5.41, 5.74) is 6.92. The molecule has 0 aliphatic heterocycles. The molecule has 0 saturated carbocycles. The van der Waals surface area contributed by atoms with Gasteiger partial charge in [-0.2, -0.15) is 0 Å². The molecule has 2 N–H and O–H groups in total. The van der Waals surface area contributed by atoms with Crippen molar-refractivity contribution in [3.8, 4) is 0 Å². The van der Waals surface area contributed by atoms with E-state index in [0.29, 0.717) is 6.42 Å². The maximum atomic E-state index is 11.5. The zero-order valence-electron chi connectivity index (χ0n) is 10.7. The standard InChI is InChI=1S/C12H17NO.C2H6.H2/c1-9(2)12(14)11(13)8-10-6-4-3-5-7-10;1-2;/h3-7,9,11H,8,13H2,1-2H3;1-2H3;1H/t11-;;/m0../s1. The number of benzene rings is 1. The summed E-state index contributed by atoms with van der Waals surface area (Å²) in [6.07, 6.45) is 0.637. The third kappa shape index (κ3) is 5.08. The van der Waals surface area contributed by atoms with Gasteiger partial charge in [-0.05, 0) is 12.0 Å². The molecule has 0 spiro atoms. The van der Waals surface area contributed by atoms with Gasteiger partial charge in [-0.3, -0.25) is 4.79 Å². The first kappa shape index (κ1) is 14.8. The zero-order valence-corrected chi connectivity index (χ0v) is 10.7. The average molecular weight is 223 g/mol. The Balaban J connectivity index is 0. The van der Waals surface area contributed by atoms with Crippen LogP contribution in [0.2, 0.25) is 0 Å². The minimum Gasteiger partial charge on any atom is -0.321 e. The van der Waals surface area contributed by atoms with E-state index in [0.717, 1.165) is 5.56 Å². The van der Waals surface area contributed by atoms with Crippen molar-refractivity contribution in [2.24, 2.45) is 11.7 Å². The molecule has 1 rings (SSSR count). The van der Waals surface area contributed by atoms with Crippen LogP contribution < -0.4 is 5.73 Å². The summed E-state index contributed by atoms with van der Waals surface area (Å²) in [5, 5.41) is 0. The zero-order chi connectivity index (χ0) is 12.6. The number of carbonyl (C=O) groups excluding carboxylic acids is 1.